The molecule has 0 radical (unpaired) electrons. The number of ether oxygens (including phenoxy) is 1. The highest BCUT2D eigenvalue weighted by atomic mass is 79.9. The molecule has 0 rings (SSSR count). The van der Waals surface area contributed by atoms with Gasteiger partial charge >= 0.3 is 5.97 Å². The molecule has 0 N–H and O–H groups in total. The van der Waals surface area contributed by atoms with Crippen LogP contribution in [0.1, 0.15) is 90.4 Å². The summed E-state index contributed by atoms with van der Waals surface area (Å²) in [6.45, 7) is 2.67. The predicted molar refractivity (Wildman–Crippen MR) is 99.6 cm³/mol. The lowest BCUT2D eigenvalue weighted by Gasteiger charge is -2.03. The minimum absolute atomic E-state index is 0.0464. The van der Waals surface area contributed by atoms with E-state index in [1.807, 2.05) is 6.08 Å². The number of rotatable bonds is 16. The smallest absolute Gasteiger partial charge is 0.306 e. The van der Waals surface area contributed by atoms with Crippen LogP contribution in [0.2, 0.25) is 0 Å². The molecule has 0 aliphatic rings. The number of alkyl halides is 1. The first-order valence-corrected chi connectivity index (χ1v) is 10.3. The maximum Gasteiger partial charge on any atom is 0.306 e. The first-order chi connectivity index (χ1) is 10.8. The van der Waals surface area contributed by atoms with Crippen LogP contribution in [0, 0.1) is 0 Å². The van der Waals surface area contributed by atoms with Crippen molar-refractivity contribution in [3.05, 3.63) is 12.2 Å². The van der Waals surface area contributed by atoms with Gasteiger partial charge in [0, 0.05) is 11.8 Å². The Morgan fingerprint density at radius 1 is 0.864 bits per heavy atom. The van der Waals surface area contributed by atoms with Gasteiger partial charge in [0.15, 0.2) is 0 Å². The third-order valence-electron chi connectivity index (χ3n) is 3.75. The van der Waals surface area contributed by atoms with Gasteiger partial charge in [0.25, 0.3) is 0 Å². The molecule has 0 aliphatic heterocycles. The van der Waals surface area contributed by atoms with Crippen LogP contribution in [-0.4, -0.2) is 17.9 Å². The lowest BCUT2D eigenvalue weighted by Crippen LogP contribution is -2.03. The number of hydrogen-bond donors (Lipinski definition) is 0. The summed E-state index contributed by atoms with van der Waals surface area (Å²) in [4.78, 5) is 11.5. The summed E-state index contributed by atoms with van der Waals surface area (Å²) in [6.07, 6.45) is 19.5. The van der Waals surface area contributed by atoms with E-state index in [4.69, 9.17) is 4.74 Å². The van der Waals surface area contributed by atoms with Crippen LogP contribution in [0.4, 0.5) is 0 Å². The third kappa shape index (κ3) is 17.7. The highest BCUT2D eigenvalue weighted by Crippen LogP contribution is 2.09. The average molecular weight is 375 g/mol. The SMILES string of the molecule is CCCCCC/C=C\COC(=O)CCCCCCCCCBr. The second kappa shape index (κ2) is 18.7. The molecule has 0 fully saturated rings. The summed E-state index contributed by atoms with van der Waals surface area (Å²) in [7, 11) is 0. The van der Waals surface area contributed by atoms with Crippen molar-refractivity contribution in [3.8, 4) is 0 Å². The van der Waals surface area contributed by atoms with E-state index >= 15 is 0 Å². The fourth-order valence-electron chi connectivity index (χ4n) is 2.34. The van der Waals surface area contributed by atoms with E-state index in [1.54, 1.807) is 0 Å². The Hall–Kier alpha value is -0.310. The molecule has 0 atom stereocenters. The van der Waals surface area contributed by atoms with Crippen LogP contribution >= 0.6 is 15.9 Å². The van der Waals surface area contributed by atoms with Gasteiger partial charge in [-0.05, 0) is 25.7 Å². The third-order valence-corrected chi connectivity index (χ3v) is 4.31. The van der Waals surface area contributed by atoms with E-state index < -0.39 is 0 Å². The van der Waals surface area contributed by atoms with Crippen molar-refractivity contribution < 1.29 is 9.53 Å². The largest absolute Gasteiger partial charge is 0.461 e. The Labute approximate surface area is 146 Å². The number of esters is 1. The Kier molecular flexibility index (Phi) is 18.5. The summed E-state index contributed by atoms with van der Waals surface area (Å²) in [5.41, 5.74) is 0. The van der Waals surface area contributed by atoms with E-state index in [-0.39, 0.29) is 5.97 Å². The maximum atomic E-state index is 11.5. The predicted octanol–water partition coefficient (Wildman–Crippen LogP) is 6.57. The van der Waals surface area contributed by atoms with E-state index in [1.165, 1.54) is 57.8 Å². The summed E-state index contributed by atoms with van der Waals surface area (Å²) in [6, 6.07) is 0. The first-order valence-electron chi connectivity index (χ1n) is 9.17. The molecule has 3 heteroatoms. The van der Waals surface area contributed by atoms with E-state index in [0.717, 1.165) is 24.6 Å². The normalized spacial score (nSPS) is 11.2. The van der Waals surface area contributed by atoms with Gasteiger partial charge in [-0.15, -0.1) is 0 Å². The molecule has 0 bridgehead atoms. The topological polar surface area (TPSA) is 26.3 Å². The fraction of sp³-hybridized carbons (Fsp3) is 0.842. The number of allylic oxidation sites excluding steroid dienone is 1. The molecule has 0 aromatic heterocycles. The molecule has 0 amide bonds. The zero-order chi connectivity index (χ0) is 16.3. The summed E-state index contributed by atoms with van der Waals surface area (Å²) in [5.74, 6) is -0.0464. The quantitative estimate of drug-likeness (QED) is 0.132. The highest BCUT2D eigenvalue weighted by molar-refractivity contribution is 9.09. The van der Waals surface area contributed by atoms with Gasteiger partial charge < -0.3 is 4.74 Å². The molecule has 22 heavy (non-hydrogen) atoms. The van der Waals surface area contributed by atoms with E-state index in [2.05, 4.69) is 28.9 Å². The molecule has 0 spiro atoms. The monoisotopic (exact) mass is 374 g/mol. The molecule has 0 aromatic rings. The van der Waals surface area contributed by atoms with Crippen molar-refractivity contribution in [1.82, 2.24) is 0 Å². The van der Waals surface area contributed by atoms with Crippen LogP contribution in [0.5, 0.6) is 0 Å². The van der Waals surface area contributed by atoms with Crippen LogP contribution < -0.4 is 0 Å². The summed E-state index contributed by atoms with van der Waals surface area (Å²) in [5, 5.41) is 1.12. The lowest BCUT2D eigenvalue weighted by molar-refractivity contribution is -0.142. The minimum atomic E-state index is -0.0464. The van der Waals surface area contributed by atoms with Crippen LogP contribution in [-0.2, 0) is 9.53 Å². The van der Waals surface area contributed by atoms with Gasteiger partial charge in [-0.1, -0.05) is 86.4 Å². The Morgan fingerprint density at radius 3 is 2.18 bits per heavy atom. The fourth-order valence-corrected chi connectivity index (χ4v) is 2.73. The molecule has 0 unspecified atom stereocenters. The highest BCUT2D eigenvalue weighted by Gasteiger charge is 2.01. The molecule has 0 aliphatic carbocycles. The van der Waals surface area contributed by atoms with Gasteiger partial charge in [0.2, 0.25) is 0 Å². The number of carbonyl (C=O) groups excluding carboxylic acids is 1. The molecule has 0 saturated heterocycles. The van der Waals surface area contributed by atoms with Crippen LogP contribution in [0.25, 0.3) is 0 Å². The Morgan fingerprint density at radius 2 is 1.50 bits per heavy atom. The summed E-state index contributed by atoms with van der Waals surface area (Å²) >= 11 is 3.45. The van der Waals surface area contributed by atoms with Crippen molar-refractivity contribution in [2.45, 2.75) is 90.4 Å². The van der Waals surface area contributed by atoms with Crippen molar-refractivity contribution >= 4 is 21.9 Å². The number of unbranched alkanes of at least 4 members (excludes halogenated alkanes) is 10. The van der Waals surface area contributed by atoms with E-state index in [9.17, 15) is 4.79 Å². The first kappa shape index (κ1) is 21.7. The number of hydrogen-bond acceptors (Lipinski definition) is 2. The molecule has 0 heterocycles. The molecule has 0 saturated carbocycles. The minimum Gasteiger partial charge on any atom is -0.461 e. The molecular weight excluding hydrogens is 340 g/mol. The van der Waals surface area contributed by atoms with Crippen LogP contribution in [0.15, 0.2) is 12.2 Å². The number of carbonyl (C=O) groups is 1. The van der Waals surface area contributed by atoms with Gasteiger partial charge in [0.1, 0.15) is 6.61 Å². The molecule has 0 aromatic carbocycles. The maximum absolute atomic E-state index is 11.5. The van der Waals surface area contributed by atoms with Gasteiger partial charge in [-0.25, -0.2) is 0 Å². The van der Waals surface area contributed by atoms with Gasteiger partial charge in [-0.2, -0.15) is 0 Å². The number of halogens is 1. The zero-order valence-electron chi connectivity index (χ0n) is 14.5. The van der Waals surface area contributed by atoms with Crippen molar-refractivity contribution in [1.29, 1.82) is 0 Å². The molecular formula is C19H35BrO2. The van der Waals surface area contributed by atoms with Gasteiger partial charge in [-0.3, -0.25) is 4.79 Å². The van der Waals surface area contributed by atoms with Crippen molar-refractivity contribution in [2.24, 2.45) is 0 Å². The zero-order valence-corrected chi connectivity index (χ0v) is 16.0. The van der Waals surface area contributed by atoms with E-state index in [0.29, 0.717) is 13.0 Å². The van der Waals surface area contributed by atoms with Crippen LogP contribution in [0.3, 0.4) is 0 Å². The lowest BCUT2D eigenvalue weighted by atomic mass is 10.1. The van der Waals surface area contributed by atoms with Gasteiger partial charge in [0.05, 0.1) is 0 Å². The summed E-state index contributed by atoms with van der Waals surface area (Å²) < 4.78 is 5.20. The molecule has 130 valence electrons. The standard InChI is InChI=1S/C19H35BrO2/c1-2-3-4-5-9-12-15-18-22-19(21)16-13-10-7-6-8-11-14-17-20/h12,15H,2-11,13-14,16-18H2,1H3/b15-12-. The second-order valence-electron chi connectivity index (χ2n) is 5.92. The Bertz CT molecular complexity index is 264. The molecule has 2 nitrogen and oxygen atoms in total. The average Bonchev–Trinajstić information content (AvgIpc) is 2.52. The second-order valence-corrected chi connectivity index (χ2v) is 6.71. The Balaban J connectivity index is 3.24. The van der Waals surface area contributed by atoms with Crippen molar-refractivity contribution in [2.75, 3.05) is 11.9 Å². The van der Waals surface area contributed by atoms with Crippen molar-refractivity contribution in [3.63, 3.8) is 0 Å².